The van der Waals surface area contributed by atoms with Gasteiger partial charge in [0.25, 0.3) is 0 Å². The Kier molecular flexibility index (Phi) is 5.63. The first-order valence-corrected chi connectivity index (χ1v) is 8.59. The summed E-state index contributed by atoms with van der Waals surface area (Å²) in [7, 11) is 4.16. The Labute approximate surface area is 148 Å². The summed E-state index contributed by atoms with van der Waals surface area (Å²) in [4.78, 5) is 6.60. The summed E-state index contributed by atoms with van der Waals surface area (Å²) in [5.41, 5.74) is 9.57. The smallest absolute Gasteiger partial charge is 0.231 e. The molecule has 6 nitrogen and oxygen atoms in total. The third kappa shape index (κ3) is 4.35. The van der Waals surface area contributed by atoms with E-state index < -0.39 is 0 Å². The van der Waals surface area contributed by atoms with Gasteiger partial charge < -0.3 is 15.4 Å². The van der Waals surface area contributed by atoms with Crippen LogP contribution >= 0.6 is 0 Å². The lowest BCUT2D eigenvalue weighted by molar-refractivity contribution is 0.280. The molecule has 132 valence electrons. The van der Waals surface area contributed by atoms with Crippen molar-refractivity contribution in [2.75, 3.05) is 27.2 Å². The summed E-state index contributed by atoms with van der Waals surface area (Å²) in [6, 6.07) is 11.9. The van der Waals surface area contributed by atoms with Gasteiger partial charge in [-0.15, -0.1) is 5.10 Å². The van der Waals surface area contributed by atoms with E-state index in [-0.39, 0.29) is 0 Å². The van der Waals surface area contributed by atoms with Gasteiger partial charge in [0.05, 0.1) is 18.5 Å². The van der Waals surface area contributed by atoms with Crippen molar-refractivity contribution in [3.05, 3.63) is 48.2 Å². The SMILES string of the molecule is CN(C)CCCCOc1ccc2ncc(-c3ccc(CN)cc3)n2n1. The summed E-state index contributed by atoms with van der Waals surface area (Å²) in [6.07, 6.45) is 3.95. The van der Waals surface area contributed by atoms with Crippen LogP contribution in [0.15, 0.2) is 42.6 Å². The fraction of sp³-hybridized carbons (Fsp3) is 0.368. The molecule has 2 heterocycles. The lowest BCUT2D eigenvalue weighted by Gasteiger charge is -2.10. The number of unbranched alkanes of at least 4 members (excludes halogenated alkanes) is 1. The number of rotatable bonds is 8. The zero-order valence-corrected chi connectivity index (χ0v) is 14.9. The standard InChI is InChI=1S/C19H25N5O/c1-23(2)11-3-4-12-25-19-10-9-18-21-14-17(24(18)22-19)16-7-5-15(13-20)6-8-16/h5-10,14H,3-4,11-13,20H2,1-2H3. The molecule has 0 spiro atoms. The van der Waals surface area contributed by atoms with Gasteiger partial charge in [0.2, 0.25) is 5.88 Å². The topological polar surface area (TPSA) is 68.7 Å². The zero-order valence-electron chi connectivity index (χ0n) is 14.9. The first-order valence-electron chi connectivity index (χ1n) is 8.59. The Morgan fingerprint density at radius 2 is 1.88 bits per heavy atom. The van der Waals surface area contributed by atoms with E-state index in [0.717, 1.165) is 41.9 Å². The summed E-state index contributed by atoms with van der Waals surface area (Å²) >= 11 is 0. The predicted molar refractivity (Wildman–Crippen MR) is 99.6 cm³/mol. The van der Waals surface area contributed by atoms with Crippen LogP contribution in [0.1, 0.15) is 18.4 Å². The largest absolute Gasteiger partial charge is 0.477 e. The molecule has 0 saturated heterocycles. The molecule has 0 saturated carbocycles. The van der Waals surface area contributed by atoms with E-state index in [1.165, 1.54) is 0 Å². The molecule has 2 N–H and O–H groups in total. The molecule has 0 fully saturated rings. The highest BCUT2D eigenvalue weighted by Crippen LogP contribution is 2.22. The van der Waals surface area contributed by atoms with Crippen LogP contribution in [0, 0.1) is 0 Å². The Balaban J connectivity index is 1.72. The summed E-state index contributed by atoms with van der Waals surface area (Å²) < 4.78 is 7.62. The number of aromatic nitrogens is 3. The van der Waals surface area contributed by atoms with Gasteiger partial charge in [-0.1, -0.05) is 24.3 Å². The first kappa shape index (κ1) is 17.4. The number of hydrogen-bond donors (Lipinski definition) is 1. The van der Waals surface area contributed by atoms with E-state index in [9.17, 15) is 0 Å². The van der Waals surface area contributed by atoms with Crippen molar-refractivity contribution in [1.82, 2.24) is 19.5 Å². The predicted octanol–water partition coefficient (Wildman–Crippen LogP) is 2.58. The highest BCUT2D eigenvalue weighted by molar-refractivity contribution is 5.63. The van der Waals surface area contributed by atoms with Crippen molar-refractivity contribution in [3.63, 3.8) is 0 Å². The van der Waals surface area contributed by atoms with Gasteiger partial charge in [0.15, 0.2) is 5.65 Å². The number of imidazole rings is 1. The van der Waals surface area contributed by atoms with Gasteiger partial charge in [0, 0.05) is 18.2 Å². The molecule has 0 atom stereocenters. The van der Waals surface area contributed by atoms with Gasteiger partial charge >= 0.3 is 0 Å². The van der Waals surface area contributed by atoms with Crippen molar-refractivity contribution < 1.29 is 4.74 Å². The average molecular weight is 339 g/mol. The van der Waals surface area contributed by atoms with E-state index in [0.29, 0.717) is 19.0 Å². The van der Waals surface area contributed by atoms with Gasteiger partial charge in [-0.25, -0.2) is 9.50 Å². The Morgan fingerprint density at radius 3 is 2.60 bits per heavy atom. The molecule has 0 aliphatic carbocycles. The maximum Gasteiger partial charge on any atom is 0.231 e. The second-order valence-electron chi connectivity index (χ2n) is 6.34. The maximum atomic E-state index is 5.80. The molecule has 2 aromatic heterocycles. The van der Waals surface area contributed by atoms with Crippen molar-refractivity contribution in [2.45, 2.75) is 19.4 Å². The molecule has 0 unspecified atom stereocenters. The van der Waals surface area contributed by atoms with Crippen LogP contribution < -0.4 is 10.5 Å². The minimum Gasteiger partial charge on any atom is -0.477 e. The lowest BCUT2D eigenvalue weighted by Crippen LogP contribution is -2.14. The fourth-order valence-electron chi connectivity index (χ4n) is 2.65. The molecule has 0 bridgehead atoms. The van der Waals surface area contributed by atoms with E-state index in [1.54, 1.807) is 0 Å². The van der Waals surface area contributed by atoms with E-state index in [4.69, 9.17) is 10.5 Å². The number of ether oxygens (including phenoxy) is 1. The molecule has 0 aliphatic heterocycles. The molecular formula is C19H25N5O. The van der Waals surface area contributed by atoms with Crippen LogP contribution in [0.4, 0.5) is 0 Å². The van der Waals surface area contributed by atoms with Crippen molar-refractivity contribution in [3.8, 4) is 17.1 Å². The molecule has 0 amide bonds. The molecular weight excluding hydrogens is 314 g/mol. The summed E-state index contributed by atoms with van der Waals surface area (Å²) in [5.74, 6) is 0.621. The molecule has 6 heteroatoms. The summed E-state index contributed by atoms with van der Waals surface area (Å²) in [6.45, 7) is 2.28. The second kappa shape index (κ2) is 8.09. The monoisotopic (exact) mass is 339 g/mol. The number of nitrogens with zero attached hydrogens (tertiary/aromatic N) is 4. The molecule has 0 aliphatic rings. The Hall–Kier alpha value is -2.44. The van der Waals surface area contributed by atoms with Crippen LogP contribution in [0.2, 0.25) is 0 Å². The second-order valence-corrected chi connectivity index (χ2v) is 6.34. The van der Waals surface area contributed by atoms with Crippen molar-refractivity contribution in [1.29, 1.82) is 0 Å². The quantitative estimate of drug-likeness (QED) is 0.639. The van der Waals surface area contributed by atoms with Crippen LogP contribution in [0.3, 0.4) is 0 Å². The highest BCUT2D eigenvalue weighted by Gasteiger charge is 2.08. The maximum absolute atomic E-state index is 5.80. The number of nitrogens with two attached hydrogens (primary N) is 1. The minimum atomic E-state index is 0.539. The van der Waals surface area contributed by atoms with Gasteiger partial charge in [-0.05, 0) is 45.1 Å². The molecule has 1 aromatic carbocycles. The van der Waals surface area contributed by atoms with Crippen LogP contribution in [0.25, 0.3) is 16.9 Å². The van der Waals surface area contributed by atoms with Gasteiger partial charge in [-0.3, -0.25) is 0 Å². The normalized spacial score (nSPS) is 11.4. The molecule has 0 radical (unpaired) electrons. The fourth-order valence-corrected chi connectivity index (χ4v) is 2.65. The van der Waals surface area contributed by atoms with Crippen LogP contribution in [0.5, 0.6) is 5.88 Å². The molecule has 3 rings (SSSR count). The summed E-state index contributed by atoms with van der Waals surface area (Å²) in [5, 5.41) is 4.58. The third-order valence-corrected chi connectivity index (χ3v) is 4.07. The van der Waals surface area contributed by atoms with Gasteiger partial charge in [-0.2, -0.15) is 0 Å². The molecule has 3 aromatic rings. The van der Waals surface area contributed by atoms with Crippen LogP contribution in [-0.4, -0.2) is 46.7 Å². The average Bonchev–Trinajstić information content (AvgIpc) is 3.04. The zero-order chi connectivity index (χ0) is 17.6. The Bertz CT molecular complexity index is 810. The Morgan fingerprint density at radius 1 is 1.08 bits per heavy atom. The minimum absolute atomic E-state index is 0.539. The third-order valence-electron chi connectivity index (χ3n) is 4.07. The first-order chi connectivity index (χ1) is 12.2. The van der Waals surface area contributed by atoms with Crippen molar-refractivity contribution in [2.24, 2.45) is 5.73 Å². The van der Waals surface area contributed by atoms with E-state index in [2.05, 4.69) is 29.1 Å². The van der Waals surface area contributed by atoms with E-state index in [1.807, 2.05) is 47.1 Å². The van der Waals surface area contributed by atoms with Crippen LogP contribution in [-0.2, 0) is 6.54 Å². The number of benzene rings is 1. The number of fused-ring (bicyclic) bond motifs is 1. The van der Waals surface area contributed by atoms with Gasteiger partial charge in [0.1, 0.15) is 0 Å². The number of hydrogen-bond acceptors (Lipinski definition) is 5. The van der Waals surface area contributed by atoms with Crippen molar-refractivity contribution >= 4 is 5.65 Å². The molecule has 25 heavy (non-hydrogen) atoms. The highest BCUT2D eigenvalue weighted by atomic mass is 16.5. The lowest BCUT2D eigenvalue weighted by atomic mass is 10.1. The van der Waals surface area contributed by atoms with E-state index >= 15 is 0 Å².